The second kappa shape index (κ2) is 9.78. The third-order valence-electron chi connectivity index (χ3n) is 5.83. The van der Waals surface area contributed by atoms with Gasteiger partial charge in [-0.3, -0.25) is 9.69 Å². The number of carboxylic acid groups (broad SMARTS) is 1. The molecule has 1 heterocycles. The summed E-state index contributed by atoms with van der Waals surface area (Å²) in [6.07, 6.45) is 3.56. The molecule has 1 saturated heterocycles. The monoisotopic (exact) mass is 389 g/mol. The van der Waals surface area contributed by atoms with Gasteiger partial charge in [-0.15, -0.1) is 0 Å². The van der Waals surface area contributed by atoms with Gasteiger partial charge in [-0.25, -0.2) is 4.79 Å². The summed E-state index contributed by atoms with van der Waals surface area (Å²) in [6.45, 7) is 4.97. The van der Waals surface area contributed by atoms with Gasteiger partial charge in [0.15, 0.2) is 0 Å². The topological polar surface area (TPSA) is 82.1 Å². The molecule has 2 aliphatic rings. The second-order valence-corrected chi connectivity index (χ2v) is 7.78. The molecule has 1 aromatic rings. The van der Waals surface area contributed by atoms with Gasteiger partial charge < -0.3 is 20.1 Å². The number of carboxylic acids is 1. The van der Waals surface area contributed by atoms with Gasteiger partial charge in [0.2, 0.25) is 0 Å². The first-order valence-corrected chi connectivity index (χ1v) is 10.2. The van der Waals surface area contributed by atoms with E-state index in [2.05, 4.69) is 5.32 Å². The third-order valence-corrected chi connectivity index (χ3v) is 5.83. The maximum Gasteiger partial charge on any atom is 0.317 e. The van der Waals surface area contributed by atoms with Crippen molar-refractivity contribution in [1.82, 2.24) is 15.1 Å². The van der Waals surface area contributed by atoms with Crippen LogP contribution < -0.4 is 10.1 Å². The Bertz CT molecular complexity index is 640. The molecule has 0 spiro atoms. The van der Waals surface area contributed by atoms with Crippen molar-refractivity contribution in [2.75, 3.05) is 32.8 Å². The predicted molar refractivity (Wildman–Crippen MR) is 106 cm³/mol. The number of likely N-dealkylation sites (N-methyl/N-ethyl adjacent to an activating group) is 1. The van der Waals surface area contributed by atoms with Crippen LogP contribution in [0.4, 0.5) is 4.79 Å². The first-order chi connectivity index (χ1) is 13.5. The number of piperidine rings is 1. The number of ether oxygens (including phenoxy) is 1. The molecule has 0 bridgehead atoms. The fourth-order valence-corrected chi connectivity index (χ4v) is 3.98. The molecule has 2 fully saturated rings. The summed E-state index contributed by atoms with van der Waals surface area (Å²) in [6, 6.07) is 10.2. The Morgan fingerprint density at radius 3 is 2.50 bits per heavy atom. The van der Waals surface area contributed by atoms with E-state index in [4.69, 9.17) is 9.84 Å². The molecule has 2 amide bonds. The van der Waals surface area contributed by atoms with Crippen LogP contribution in [0.15, 0.2) is 30.3 Å². The minimum atomic E-state index is -0.798. The normalized spacial score (nSPS) is 22.6. The second-order valence-electron chi connectivity index (χ2n) is 7.78. The first kappa shape index (κ1) is 20.5. The number of likely N-dealkylation sites (tertiary alicyclic amines) is 1. The molecule has 28 heavy (non-hydrogen) atoms. The summed E-state index contributed by atoms with van der Waals surface area (Å²) in [5.74, 6) is 0.575. The van der Waals surface area contributed by atoms with E-state index < -0.39 is 5.97 Å². The molecule has 0 unspecified atom stereocenters. The maximum atomic E-state index is 12.5. The minimum absolute atomic E-state index is 0.00663. The zero-order chi connectivity index (χ0) is 19.9. The fraction of sp³-hybridized carbons (Fsp3) is 0.619. The zero-order valence-electron chi connectivity index (χ0n) is 16.5. The lowest BCUT2D eigenvalue weighted by atomic mass is 9.85. The van der Waals surface area contributed by atoms with E-state index in [-0.39, 0.29) is 24.7 Å². The van der Waals surface area contributed by atoms with Crippen LogP contribution in [-0.2, 0) is 4.79 Å². The molecule has 0 atom stereocenters. The molecule has 1 aromatic carbocycles. The van der Waals surface area contributed by atoms with Gasteiger partial charge in [-0.2, -0.15) is 0 Å². The summed E-state index contributed by atoms with van der Waals surface area (Å²) in [4.78, 5) is 27.2. The van der Waals surface area contributed by atoms with Crippen molar-refractivity contribution >= 4 is 12.0 Å². The Kier molecular flexibility index (Phi) is 7.14. The Morgan fingerprint density at radius 1 is 1.21 bits per heavy atom. The number of urea groups is 1. The van der Waals surface area contributed by atoms with E-state index in [9.17, 15) is 9.59 Å². The molecule has 1 aliphatic heterocycles. The van der Waals surface area contributed by atoms with Crippen LogP contribution in [0.5, 0.6) is 5.75 Å². The number of para-hydroxylation sites is 1. The van der Waals surface area contributed by atoms with E-state index in [1.54, 1.807) is 0 Å². The van der Waals surface area contributed by atoms with Crippen molar-refractivity contribution in [3.05, 3.63) is 30.3 Å². The first-order valence-electron chi connectivity index (χ1n) is 10.2. The lowest BCUT2D eigenvalue weighted by Crippen LogP contribution is -2.57. The van der Waals surface area contributed by atoms with E-state index in [1.165, 1.54) is 0 Å². The summed E-state index contributed by atoms with van der Waals surface area (Å²) < 4.78 is 5.84. The molecule has 0 aromatic heterocycles. The van der Waals surface area contributed by atoms with Gasteiger partial charge in [-0.1, -0.05) is 25.1 Å². The van der Waals surface area contributed by atoms with Crippen molar-refractivity contribution < 1.29 is 19.4 Å². The quantitative estimate of drug-likeness (QED) is 0.714. The van der Waals surface area contributed by atoms with E-state index >= 15 is 0 Å². The number of amides is 2. The highest BCUT2D eigenvalue weighted by Gasteiger charge is 2.35. The number of hydrogen-bond donors (Lipinski definition) is 2. The number of rotatable bonds is 8. The van der Waals surface area contributed by atoms with Crippen LogP contribution >= 0.6 is 0 Å². The van der Waals surface area contributed by atoms with Crippen LogP contribution in [0.25, 0.3) is 0 Å². The zero-order valence-corrected chi connectivity index (χ0v) is 16.5. The van der Waals surface area contributed by atoms with Gasteiger partial charge in [-0.05, 0) is 50.3 Å². The molecule has 3 rings (SSSR count). The molecular weight excluding hydrogens is 358 g/mol. The largest absolute Gasteiger partial charge is 0.493 e. The van der Waals surface area contributed by atoms with E-state index in [0.717, 1.165) is 51.1 Å². The van der Waals surface area contributed by atoms with Crippen LogP contribution in [0.2, 0.25) is 0 Å². The summed E-state index contributed by atoms with van der Waals surface area (Å²) in [5.41, 5.74) is 0. The predicted octanol–water partition coefficient (Wildman–Crippen LogP) is 2.42. The number of nitrogens with zero attached hydrogens (tertiary/aromatic N) is 2. The van der Waals surface area contributed by atoms with E-state index in [1.807, 2.05) is 47.1 Å². The Morgan fingerprint density at radius 2 is 1.89 bits per heavy atom. The Balaban J connectivity index is 1.33. The Labute approximate surface area is 166 Å². The van der Waals surface area contributed by atoms with E-state index in [0.29, 0.717) is 12.5 Å². The van der Waals surface area contributed by atoms with Crippen LogP contribution in [0.3, 0.4) is 0 Å². The van der Waals surface area contributed by atoms with Crippen molar-refractivity contribution in [2.24, 2.45) is 5.92 Å². The van der Waals surface area contributed by atoms with Crippen molar-refractivity contribution in [1.29, 1.82) is 0 Å². The highest BCUT2D eigenvalue weighted by Crippen LogP contribution is 2.26. The lowest BCUT2D eigenvalue weighted by molar-refractivity contribution is -0.139. The SMILES string of the molecule is CCN(CC(=O)O)C1CC(NC(=O)N2CCC(COc3ccccc3)CC2)C1. The third kappa shape index (κ3) is 5.61. The maximum absolute atomic E-state index is 12.5. The fourth-order valence-electron chi connectivity index (χ4n) is 3.98. The standard InChI is InChI=1S/C21H31N3O4/c1-2-23(14-20(25)26)18-12-17(13-18)22-21(27)24-10-8-16(9-11-24)15-28-19-6-4-3-5-7-19/h3-7,16-18H,2,8-15H2,1H3,(H,22,27)(H,25,26). The van der Waals surface area contributed by atoms with Crippen molar-refractivity contribution in [2.45, 2.75) is 44.7 Å². The summed E-state index contributed by atoms with van der Waals surface area (Å²) in [7, 11) is 0. The summed E-state index contributed by atoms with van der Waals surface area (Å²) in [5, 5.41) is 12.1. The molecule has 0 radical (unpaired) electrons. The number of benzene rings is 1. The van der Waals surface area contributed by atoms with Crippen LogP contribution in [-0.4, -0.2) is 71.8 Å². The highest BCUT2D eigenvalue weighted by atomic mass is 16.5. The minimum Gasteiger partial charge on any atom is -0.493 e. The number of hydrogen-bond acceptors (Lipinski definition) is 4. The van der Waals surface area contributed by atoms with Crippen LogP contribution in [0, 0.1) is 5.92 Å². The number of carbonyl (C=O) groups is 2. The molecule has 7 heteroatoms. The van der Waals surface area contributed by atoms with Gasteiger partial charge >= 0.3 is 12.0 Å². The summed E-state index contributed by atoms with van der Waals surface area (Å²) >= 11 is 0. The van der Waals surface area contributed by atoms with Gasteiger partial charge in [0, 0.05) is 25.2 Å². The van der Waals surface area contributed by atoms with Crippen molar-refractivity contribution in [3.8, 4) is 5.75 Å². The van der Waals surface area contributed by atoms with Crippen LogP contribution in [0.1, 0.15) is 32.6 Å². The smallest absolute Gasteiger partial charge is 0.317 e. The molecular formula is C21H31N3O4. The molecule has 1 aliphatic carbocycles. The number of aliphatic carboxylic acids is 1. The molecule has 154 valence electrons. The molecule has 2 N–H and O–H groups in total. The van der Waals surface area contributed by atoms with Gasteiger partial charge in [0.25, 0.3) is 0 Å². The average Bonchev–Trinajstić information content (AvgIpc) is 2.68. The van der Waals surface area contributed by atoms with Crippen molar-refractivity contribution in [3.63, 3.8) is 0 Å². The molecule has 1 saturated carbocycles. The lowest BCUT2D eigenvalue weighted by Gasteiger charge is -2.43. The number of carbonyl (C=O) groups excluding carboxylic acids is 1. The highest BCUT2D eigenvalue weighted by molar-refractivity contribution is 5.74. The number of nitrogens with one attached hydrogen (secondary N) is 1. The average molecular weight is 389 g/mol. The van der Waals surface area contributed by atoms with Gasteiger partial charge in [0.05, 0.1) is 13.2 Å². The molecule has 7 nitrogen and oxygen atoms in total. The van der Waals surface area contributed by atoms with Gasteiger partial charge in [0.1, 0.15) is 5.75 Å². The Hall–Kier alpha value is -2.28.